The normalized spacial score (nSPS) is 9.35. The van der Waals surface area contributed by atoms with Gasteiger partial charge in [-0.1, -0.05) is 37.9 Å². The van der Waals surface area contributed by atoms with Gasteiger partial charge in [0.05, 0.1) is 5.56 Å². The van der Waals surface area contributed by atoms with Crippen LogP contribution >= 0.6 is 31.9 Å². The summed E-state index contributed by atoms with van der Waals surface area (Å²) in [6.07, 6.45) is 1.47. The third-order valence-corrected chi connectivity index (χ3v) is 3.47. The van der Waals surface area contributed by atoms with Crippen molar-refractivity contribution < 1.29 is 14.7 Å². The molecule has 0 atom stereocenters. The number of aromatic hydroxyl groups is 1. The van der Waals surface area contributed by atoms with Crippen molar-refractivity contribution >= 4 is 44.4 Å². The molecular weight excluding hydrogens is 388 g/mol. The van der Waals surface area contributed by atoms with Gasteiger partial charge in [-0.15, -0.1) is 0 Å². The van der Waals surface area contributed by atoms with Crippen LogP contribution in [-0.2, 0) is 0 Å². The monoisotopic (exact) mass is 398 g/mol. The van der Waals surface area contributed by atoms with Crippen LogP contribution in [0.2, 0.25) is 0 Å². The van der Waals surface area contributed by atoms with Crippen LogP contribution in [0.4, 0.5) is 0 Å². The molecule has 2 rings (SSSR count). The zero-order chi connectivity index (χ0) is 15.1. The number of hydrogen-bond acceptors (Lipinski definition) is 3. The molecule has 0 amide bonds. The number of phenolic OH excluding ortho intramolecular Hbond substituents is 1. The molecule has 0 aliphatic carbocycles. The van der Waals surface area contributed by atoms with Crippen molar-refractivity contribution in [1.82, 2.24) is 0 Å². The Bertz CT molecular complexity index is 569. The lowest BCUT2D eigenvalue weighted by molar-refractivity contribution is 0.111. The van der Waals surface area contributed by atoms with Gasteiger partial charge < -0.3 is 5.11 Å². The van der Waals surface area contributed by atoms with Crippen LogP contribution in [0, 0.1) is 6.92 Å². The summed E-state index contributed by atoms with van der Waals surface area (Å²) in [5.74, 6) is 0.0122. The molecule has 0 saturated heterocycles. The maximum absolute atomic E-state index is 10.4. The van der Waals surface area contributed by atoms with Gasteiger partial charge in [-0.2, -0.15) is 0 Å². The lowest BCUT2D eigenvalue weighted by atomic mass is 10.1. The van der Waals surface area contributed by atoms with E-state index < -0.39 is 0 Å². The van der Waals surface area contributed by atoms with E-state index in [-0.39, 0.29) is 5.75 Å². The quantitative estimate of drug-likeness (QED) is 0.754. The molecule has 1 N–H and O–H groups in total. The summed E-state index contributed by atoms with van der Waals surface area (Å²) in [7, 11) is 0. The standard InChI is InChI=1S/C8H7BrO.C7H5BrO2/c1-6-2-3-8(9)4-7(6)5-10;8-6-1-2-7(10)5(3-6)4-9/h2-5H,1H3;1-4,10H. The third kappa shape index (κ3) is 4.90. The highest BCUT2D eigenvalue weighted by molar-refractivity contribution is 9.10. The van der Waals surface area contributed by atoms with Gasteiger partial charge in [0, 0.05) is 14.5 Å². The van der Waals surface area contributed by atoms with Crippen LogP contribution in [0.1, 0.15) is 26.3 Å². The smallest absolute Gasteiger partial charge is 0.153 e. The second-order valence-corrected chi connectivity index (χ2v) is 5.77. The SMILES string of the molecule is Cc1ccc(Br)cc1C=O.O=Cc1cc(Br)ccc1O. The number of aldehydes is 2. The minimum Gasteiger partial charge on any atom is -0.507 e. The average molecular weight is 400 g/mol. The van der Waals surface area contributed by atoms with E-state index in [1.54, 1.807) is 12.1 Å². The first-order valence-electron chi connectivity index (χ1n) is 5.63. The van der Waals surface area contributed by atoms with E-state index in [0.29, 0.717) is 11.8 Å². The summed E-state index contributed by atoms with van der Waals surface area (Å²) in [5, 5.41) is 8.98. The summed E-state index contributed by atoms with van der Waals surface area (Å²) in [4.78, 5) is 20.6. The molecule has 104 valence electrons. The Labute approximate surface area is 133 Å². The van der Waals surface area contributed by atoms with E-state index in [9.17, 15) is 9.59 Å². The fraction of sp³-hybridized carbons (Fsp3) is 0.0667. The van der Waals surface area contributed by atoms with Crippen molar-refractivity contribution in [2.45, 2.75) is 6.92 Å². The minimum absolute atomic E-state index is 0.0122. The Hall–Kier alpha value is -1.46. The lowest BCUT2D eigenvalue weighted by Gasteiger charge is -1.96. The van der Waals surface area contributed by atoms with Crippen LogP contribution < -0.4 is 0 Å². The summed E-state index contributed by atoms with van der Waals surface area (Å²) in [6, 6.07) is 10.3. The number of benzene rings is 2. The molecule has 20 heavy (non-hydrogen) atoms. The van der Waals surface area contributed by atoms with Gasteiger partial charge in [0.1, 0.15) is 12.0 Å². The molecule has 0 unspecified atom stereocenters. The fourth-order valence-electron chi connectivity index (χ4n) is 1.36. The van der Waals surface area contributed by atoms with Crippen molar-refractivity contribution in [3.8, 4) is 5.75 Å². The number of phenols is 1. The van der Waals surface area contributed by atoms with Gasteiger partial charge in [0.2, 0.25) is 0 Å². The van der Waals surface area contributed by atoms with Crippen molar-refractivity contribution in [2.75, 3.05) is 0 Å². The summed E-state index contributed by atoms with van der Waals surface area (Å²) < 4.78 is 1.73. The van der Waals surface area contributed by atoms with Gasteiger partial charge in [0.25, 0.3) is 0 Å². The Morgan fingerprint density at radius 3 is 1.85 bits per heavy atom. The van der Waals surface area contributed by atoms with Crippen molar-refractivity contribution in [1.29, 1.82) is 0 Å². The molecule has 0 aromatic heterocycles. The van der Waals surface area contributed by atoms with Gasteiger partial charge >= 0.3 is 0 Å². The fourth-order valence-corrected chi connectivity index (χ4v) is 2.12. The lowest BCUT2D eigenvalue weighted by Crippen LogP contribution is -1.84. The predicted molar refractivity (Wildman–Crippen MR) is 85.5 cm³/mol. The second-order valence-electron chi connectivity index (χ2n) is 3.94. The van der Waals surface area contributed by atoms with Crippen molar-refractivity contribution in [2.24, 2.45) is 0 Å². The highest BCUT2D eigenvalue weighted by atomic mass is 79.9. The minimum atomic E-state index is 0.0122. The Balaban J connectivity index is 0.000000200. The molecule has 2 aromatic rings. The van der Waals surface area contributed by atoms with Crippen LogP contribution in [-0.4, -0.2) is 17.7 Å². The number of carbonyl (C=O) groups excluding carboxylic acids is 2. The molecule has 3 nitrogen and oxygen atoms in total. The molecule has 0 saturated carbocycles. The molecular formula is C15H12Br2O3. The topological polar surface area (TPSA) is 54.4 Å². The summed E-state index contributed by atoms with van der Waals surface area (Å²) in [6.45, 7) is 1.91. The summed E-state index contributed by atoms with van der Waals surface area (Å²) >= 11 is 6.45. The van der Waals surface area contributed by atoms with E-state index in [1.165, 1.54) is 6.07 Å². The third-order valence-electron chi connectivity index (χ3n) is 2.48. The second kappa shape index (κ2) is 7.97. The number of halogens is 2. The van der Waals surface area contributed by atoms with Crippen molar-refractivity contribution in [3.63, 3.8) is 0 Å². The van der Waals surface area contributed by atoms with E-state index >= 15 is 0 Å². The predicted octanol–water partition coefficient (Wildman–Crippen LogP) is 4.54. The van der Waals surface area contributed by atoms with E-state index in [0.717, 1.165) is 26.4 Å². The molecule has 0 aliphatic heterocycles. The Morgan fingerprint density at radius 1 is 0.900 bits per heavy atom. The highest BCUT2D eigenvalue weighted by Gasteiger charge is 1.98. The van der Waals surface area contributed by atoms with E-state index in [2.05, 4.69) is 31.9 Å². The molecule has 5 heteroatoms. The molecule has 0 radical (unpaired) electrons. The zero-order valence-corrected chi connectivity index (χ0v) is 13.8. The average Bonchev–Trinajstić information content (AvgIpc) is 2.44. The Morgan fingerprint density at radius 2 is 1.40 bits per heavy atom. The molecule has 0 fully saturated rings. The van der Waals surface area contributed by atoms with Gasteiger partial charge in [-0.05, 0) is 42.8 Å². The first-order chi connectivity index (χ1) is 9.47. The first-order valence-corrected chi connectivity index (χ1v) is 7.21. The highest BCUT2D eigenvalue weighted by Crippen LogP contribution is 2.19. The largest absolute Gasteiger partial charge is 0.507 e. The number of rotatable bonds is 2. The maximum atomic E-state index is 10.4. The summed E-state index contributed by atoms with van der Waals surface area (Å²) in [5.41, 5.74) is 2.06. The van der Waals surface area contributed by atoms with Gasteiger partial charge in [-0.3, -0.25) is 9.59 Å². The molecule has 0 heterocycles. The number of aryl methyl sites for hydroxylation is 1. The maximum Gasteiger partial charge on any atom is 0.153 e. The van der Waals surface area contributed by atoms with Gasteiger partial charge in [0.15, 0.2) is 6.29 Å². The molecule has 0 spiro atoms. The van der Waals surface area contributed by atoms with Crippen LogP contribution in [0.25, 0.3) is 0 Å². The van der Waals surface area contributed by atoms with Crippen LogP contribution in [0.5, 0.6) is 5.75 Å². The molecule has 0 aliphatic rings. The van der Waals surface area contributed by atoms with Crippen molar-refractivity contribution in [3.05, 3.63) is 62.0 Å². The van der Waals surface area contributed by atoms with Gasteiger partial charge in [-0.25, -0.2) is 0 Å². The number of carbonyl (C=O) groups is 2. The number of hydrogen-bond donors (Lipinski definition) is 1. The van der Waals surface area contributed by atoms with E-state index in [4.69, 9.17) is 5.11 Å². The zero-order valence-electron chi connectivity index (χ0n) is 10.6. The molecule has 2 aromatic carbocycles. The van der Waals surface area contributed by atoms with Crippen LogP contribution in [0.3, 0.4) is 0 Å². The molecule has 0 bridgehead atoms. The first kappa shape index (κ1) is 16.6. The Kier molecular flexibility index (Phi) is 6.61. The van der Waals surface area contributed by atoms with Crippen LogP contribution in [0.15, 0.2) is 45.3 Å². The van der Waals surface area contributed by atoms with E-state index in [1.807, 2.05) is 25.1 Å².